The van der Waals surface area contributed by atoms with Crippen molar-refractivity contribution < 1.29 is 4.79 Å². The van der Waals surface area contributed by atoms with Gasteiger partial charge in [0.2, 0.25) is 0 Å². The van der Waals surface area contributed by atoms with E-state index >= 15 is 0 Å². The average molecular weight is 307 g/mol. The topological polar surface area (TPSA) is 58.1 Å². The predicted octanol–water partition coefficient (Wildman–Crippen LogP) is 1.87. The van der Waals surface area contributed by atoms with E-state index in [1.165, 1.54) is 0 Å². The van der Waals surface area contributed by atoms with E-state index in [1.807, 2.05) is 23.1 Å². The summed E-state index contributed by atoms with van der Waals surface area (Å²) in [6.45, 7) is 5.70. The van der Waals surface area contributed by atoms with Crippen LogP contribution in [0.15, 0.2) is 30.6 Å². The zero-order valence-electron chi connectivity index (χ0n) is 12.1. The summed E-state index contributed by atoms with van der Waals surface area (Å²) in [7, 11) is 0. The number of piperazine rings is 1. The molecular formula is C15H19ClN4O. The van der Waals surface area contributed by atoms with Crippen molar-refractivity contribution in [3.05, 3.63) is 36.2 Å². The van der Waals surface area contributed by atoms with E-state index in [1.54, 1.807) is 12.4 Å². The van der Waals surface area contributed by atoms with Gasteiger partial charge in [-0.3, -0.25) is 14.8 Å². The molecule has 3 rings (SSSR count). The summed E-state index contributed by atoms with van der Waals surface area (Å²) in [6, 6.07) is 6.07. The van der Waals surface area contributed by atoms with Crippen molar-refractivity contribution in [2.24, 2.45) is 0 Å². The molecule has 1 saturated heterocycles. The zero-order valence-corrected chi connectivity index (χ0v) is 12.9. The van der Waals surface area contributed by atoms with Gasteiger partial charge in [0.1, 0.15) is 5.52 Å². The molecule has 2 aromatic rings. The predicted molar refractivity (Wildman–Crippen MR) is 84.7 cm³/mol. The number of aromatic nitrogens is 2. The molecule has 0 saturated carbocycles. The fourth-order valence-corrected chi connectivity index (χ4v) is 2.62. The molecule has 0 radical (unpaired) electrons. The van der Waals surface area contributed by atoms with E-state index in [9.17, 15) is 4.79 Å². The Morgan fingerprint density at radius 2 is 2.05 bits per heavy atom. The standard InChI is InChI=1S/C15H18N4O.ClH/c1-10-9-19(11(2)8-18-10)15(20)12-4-3-5-13-14(12)17-7-6-16-13;/h3-7,10-11,18H,8-9H2,1-2H3;1H. The molecule has 6 heteroatoms. The number of rotatable bonds is 1. The minimum absolute atomic E-state index is 0. The van der Waals surface area contributed by atoms with Gasteiger partial charge in [0.15, 0.2) is 0 Å². The van der Waals surface area contributed by atoms with Crippen molar-refractivity contribution in [2.75, 3.05) is 13.1 Å². The van der Waals surface area contributed by atoms with Crippen LogP contribution in [0.3, 0.4) is 0 Å². The summed E-state index contributed by atoms with van der Waals surface area (Å²) in [5.74, 6) is 0.0388. The van der Waals surface area contributed by atoms with E-state index < -0.39 is 0 Å². The molecular weight excluding hydrogens is 288 g/mol. The van der Waals surface area contributed by atoms with E-state index in [0.29, 0.717) is 17.1 Å². The number of benzene rings is 1. The molecule has 0 spiro atoms. The highest BCUT2D eigenvalue weighted by Gasteiger charge is 2.28. The van der Waals surface area contributed by atoms with Gasteiger partial charge in [-0.1, -0.05) is 6.07 Å². The molecule has 1 aromatic carbocycles. The normalized spacial score (nSPS) is 21.9. The lowest BCUT2D eigenvalue weighted by atomic mass is 10.1. The molecule has 1 aromatic heterocycles. The largest absolute Gasteiger partial charge is 0.333 e. The molecule has 1 fully saturated rings. The van der Waals surface area contributed by atoms with Gasteiger partial charge in [-0.15, -0.1) is 12.4 Å². The Balaban J connectivity index is 0.00000161. The maximum absolute atomic E-state index is 12.8. The summed E-state index contributed by atoms with van der Waals surface area (Å²) >= 11 is 0. The van der Waals surface area contributed by atoms with Crippen LogP contribution in [0.25, 0.3) is 11.0 Å². The maximum atomic E-state index is 12.8. The van der Waals surface area contributed by atoms with Crippen LogP contribution in [-0.4, -0.2) is 45.9 Å². The Labute approximate surface area is 130 Å². The van der Waals surface area contributed by atoms with Gasteiger partial charge in [0.25, 0.3) is 5.91 Å². The van der Waals surface area contributed by atoms with Crippen LogP contribution >= 0.6 is 12.4 Å². The zero-order chi connectivity index (χ0) is 14.1. The lowest BCUT2D eigenvalue weighted by molar-refractivity contribution is 0.0618. The van der Waals surface area contributed by atoms with Crippen LogP contribution in [0.4, 0.5) is 0 Å². The van der Waals surface area contributed by atoms with E-state index in [-0.39, 0.29) is 24.4 Å². The summed E-state index contributed by atoms with van der Waals surface area (Å²) in [6.07, 6.45) is 3.27. The first-order valence-corrected chi connectivity index (χ1v) is 6.91. The summed E-state index contributed by atoms with van der Waals surface area (Å²) < 4.78 is 0. The number of para-hydroxylation sites is 1. The maximum Gasteiger partial charge on any atom is 0.256 e. The lowest BCUT2D eigenvalue weighted by Crippen LogP contribution is -2.56. The van der Waals surface area contributed by atoms with Crippen LogP contribution in [0, 0.1) is 0 Å². The van der Waals surface area contributed by atoms with Crippen LogP contribution in [-0.2, 0) is 0 Å². The fraction of sp³-hybridized carbons (Fsp3) is 0.400. The number of halogens is 1. The highest BCUT2D eigenvalue weighted by molar-refractivity contribution is 6.04. The molecule has 1 N–H and O–H groups in total. The molecule has 1 aliphatic heterocycles. The Morgan fingerprint density at radius 3 is 2.86 bits per heavy atom. The number of carbonyl (C=O) groups is 1. The number of carbonyl (C=O) groups excluding carboxylic acids is 1. The Hall–Kier alpha value is -1.72. The summed E-state index contributed by atoms with van der Waals surface area (Å²) in [4.78, 5) is 23.3. The molecule has 0 aliphatic carbocycles. The van der Waals surface area contributed by atoms with E-state index in [2.05, 4.69) is 29.1 Å². The molecule has 21 heavy (non-hydrogen) atoms. The van der Waals surface area contributed by atoms with Crippen molar-refractivity contribution in [3.8, 4) is 0 Å². The molecule has 0 bridgehead atoms. The van der Waals surface area contributed by atoms with Crippen LogP contribution in [0.2, 0.25) is 0 Å². The van der Waals surface area contributed by atoms with Gasteiger partial charge in [0, 0.05) is 37.6 Å². The third-order valence-corrected chi connectivity index (χ3v) is 3.75. The highest BCUT2D eigenvalue weighted by Crippen LogP contribution is 2.18. The average Bonchev–Trinajstić information content (AvgIpc) is 2.48. The first-order chi connectivity index (χ1) is 9.66. The van der Waals surface area contributed by atoms with Gasteiger partial charge in [-0.05, 0) is 26.0 Å². The quantitative estimate of drug-likeness (QED) is 0.874. The first kappa shape index (κ1) is 15.7. The SMILES string of the molecule is CC1CN(C(=O)c2cccc3nccnc23)C(C)CN1.Cl. The van der Waals surface area contributed by atoms with Crippen LogP contribution in [0.5, 0.6) is 0 Å². The van der Waals surface area contributed by atoms with Gasteiger partial charge in [-0.25, -0.2) is 0 Å². The highest BCUT2D eigenvalue weighted by atomic mass is 35.5. The number of hydrogen-bond donors (Lipinski definition) is 1. The van der Waals surface area contributed by atoms with Gasteiger partial charge in [-0.2, -0.15) is 0 Å². The molecule has 2 heterocycles. The molecule has 2 unspecified atom stereocenters. The summed E-state index contributed by atoms with van der Waals surface area (Å²) in [5, 5.41) is 3.38. The van der Waals surface area contributed by atoms with Gasteiger partial charge < -0.3 is 10.2 Å². The molecule has 5 nitrogen and oxygen atoms in total. The van der Waals surface area contributed by atoms with Crippen molar-refractivity contribution in [1.29, 1.82) is 0 Å². The fourth-order valence-electron chi connectivity index (χ4n) is 2.62. The van der Waals surface area contributed by atoms with E-state index in [4.69, 9.17) is 0 Å². The van der Waals surface area contributed by atoms with Crippen molar-refractivity contribution in [1.82, 2.24) is 20.2 Å². The van der Waals surface area contributed by atoms with Crippen LogP contribution in [0.1, 0.15) is 24.2 Å². The second kappa shape index (κ2) is 6.37. The number of nitrogens with one attached hydrogen (secondary N) is 1. The molecule has 1 amide bonds. The minimum atomic E-state index is 0. The van der Waals surface area contributed by atoms with Gasteiger partial charge >= 0.3 is 0 Å². The summed E-state index contributed by atoms with van der Waals surface area (Å²) in [5.41, 5.74) is 2.07. The van der Waals surface area contributed by atoms with E-state index in [0.717, 1.165) is 18.6 Å². The van der Waals surface area contributed by atoms with Crippen molar-refractivity contribution >= 4 is 29.3 Å². The number of nitrogens with zero attached hydrogens (tertiary/aromatic N) is 3. The van der Waals surface area contributed by atoms with Gasteiger partial charge in [0.05, 0.1) is 11.1 Å². The third-order valence-electron chi connectivity index (χ3n) is 3.75. The Kier molecular flexibility index (Phi) is 4.75. The second-order valence-corrected chi connectivity index (χ2v) is 5.35. The monoisotopic (exact) mass is 306 g/mol. The second-order valence-electron chi connectivity index (χ2n) is 5.35. The number of hydrogen-bond acceptors (Lipinski definition) is 4. The Morgan fingerprint density at radius 1 is 1.29 bits per heavy atom. The minimum Gasteiger partial charge on any atom is -0.333 e. The first-order valence-electron chi connectivity index (χ1n) is 6.91. The molecule has 1 aliphatic rings. The number of fused-ring (bicyclic) bond motifs is 1. The molecule has 112 valence electrons. The van der Waals surface area contributed by atoms with Crippen LogP contribution < -0.4 is 5.32 Å². The van der Waals surface area contributed by atoms with Crippen molar-refractivity contribution in [3.63, 3.8) is 0 Å². The van der Waals surface area contributed by atoms with Crippen molar-refractivity contribution in [2.45, 2.75) is 25.9 Å². The third kappa shape index (κ3) is 2.99. The number of amides is 1. The Bertz CT molecular complexity index is 643. The molecule has 2 atom stereocenters. The smallest absolute Gasteiger partial charge is 0.256 e. The lowest BCUT2D eigenvalue weighted by Gasteiger charge is -2.37.